The van der Waals surface area contributed by atoms with Crippen LogP contribution in [0.3, 0.4) is 0 Å². The molecule has 0 aliphatic carbocycles. The molecule has 0 aromatic carbocycles. The van der Waals surface area contributed by atoms with E-state index in [-0.39, 0.29) is 29.7 Å². The van der Waals surface area contributed by atoms with Crippen molar-refractivity contribution in [2.45, 2.75) is 69.2 Å². The molecule has 0 saturated carbocycles. The van der Waals surface area contributed by atoms with Crippen LogP contribution >= 0.6 is 0 Å². The van der Waals surface area contributed by atoms with Crippen LogP contribution in [0.2, 0.25) is 0 Å². The van der Waals surface area contributed by atoms with Gasteiger partial charge in [0, 0.05) is 18.4 Å². The summed E-state index contributed by atoms with van der Waals surface area (Å²) in [7, 11) is 0. The van der Waals surface area contributed by atoms with E-state index in [1.165, 1.54) is 13.0 Å². The molecule has 0 radical (unpaired) electrons. The van der Waals surface area contributed by atoms with Crippen molar-refractivity contribution < 1.29 is 39.5 Å². The third-order valence-electron chi connectivity index (χ3n) is 5.20. The molecule has 0 aromatic rings. The average Bonchev–Trinajstić information content (AvgIpc) is 2.95. The lowest BCUT2D eigenvalue weighted by atomic mass is 9.82. The van der Waals surface area contributed by atoms with Crippen molar-refractivity contribution in [3.63, 3.8) is 0 Å². The number of ketones is 1. The quantitative estimate of drug-likeness (QED) is 0.485. The Kier molecular flexibility index (Phi) is 3.98. The number of Topliss-reactive ketones (excluding diaryl/α,β-unsaturated/α-hetero) is 1. The Morgan fingerprint density at radius 3 is 2.56 bits per heavy atom. The van der Waals surface area contributed by atoms with Gasteiger partial charge in [0.25, 0.3) is 0 Å². The summed E-state index contributed by atoms with van der Waals surface area (Å²) in [6.07, 6.45) is -1.67. The van der Waals surface area contributed by atoms with Crippen molar-refractivity contribution in [2.24, 2.45) is 0 Å². The molecule has 0 spiro atoms. The summed E-state index contributed by atoms with van der Waals surface area (Å²) in [5.41, 5.74) is -3.30. The lowest BCUT2D eigenvalue weighted by Crippen LogP contribution is -2.54. The minimum absolute atomic E-state index is 0.0303. The van der Waals surface area contributed by atoms with Gasteiger partial charge in [-0.3, -0.25) is 4.79 Å². The number of rotatable bonds is 2. The molecule has 3 rings (SSSR count). The van der Waals surface area contributed by atoms with Crippen LogP contribution in [-0.4, -0.2) is 61.4 Å². The number of ether oxygens (including phenoxy) is 2. The number of esters is 1. The fourth-order valence-corrected chi connectivity index (χ4v) is 3.67. The van der Waals surface area contributed by atoms with Crippen molar-refractivity contribution in [3.05, 3.63) is 23.0 Å². The maximum atomic E-state index is 12.2. The fraction of sp³-hybridized carbons (Fsp3) is 0.647. The topological polar surface area (TPSA) is 134 Å². The van der Waals surface area contributed by atoms with Crippen molar-refractivity contribution in [2.75, 3.05) is 0 Å². The minimum Gasteiger partial charge on any atom is -0.423 e. The maximum Gasteiger partial charge on any atom is 0.343 e. The largest absolute Gasteiger partial charge is 0.423 e. The summed E-state index contributed by atoms with van der Waals surface area (Å²) < 4.78 is 10.8. The molecule has 3 aliphatic heterocycles. The van der Waals surface area contributed by atoms with Crippen LogP contribution in [0.5, 0.6) is 0 Å². The minimum atomic E-state index is -1.89. The van der Waals surface area contributed by atoms with Crippen LogP contribution in [0.1, 0.15) is 40.0 Å². The Bertz CT molecular complexity index is 705. The number of carbonyl (C=O) groups is 2. The Hall–Kier alpha value is -1.58. The summed E-state index contributed by atoms with van der Waals surface area (Å²) in [5.74, 6) is -3.53. The Balaban J connectivity index is 2.20. The van der Waals surface area contributed by atoms with E-state index in [4.69, 9.17) is 9.47 Å². The highest BCUT2D eigenvalue weighted by molar-refractivity contribution is 6.02. The van der Waals surface area contributed by atoms with Crippen LogP contribution in [0.4, 0.5) is 0 Å². The van der Waals surface area contributed by atoms with E-state index in [9.17, 15) is 30.0 Å². The standard InChI is InChI=1S/C17H22O8/c1-8(18)13(20)12-11-9(19)6-16(3,22)17(23)5-4-15(2,25-17)7-10(11)24-14(12)21/h7,9,13,19-20,22-23H,4-6H2,1-3H3/b10-7+/t9-,13+,15+,16-,17+/m1/s1. The predicted octanol–water partition coefficient (Wildman–Crippen LogP) is -0.553. The first-order chi connectivity index (χ1) is 11.4. The van der Waals surface area contributed by atoms with E-state index in [1.807, 2.05) is 0 Å². The summed E-state index contributed by atoms with van der Waals surface area (Å²) in [6.45, 7) is 4.09. The zero-order valence-corrected chi connectivity index (χ0v) is 14.3. The molecule has 3 aliphatic rings. The number of hydrogen-bond donors (Lipinski definition) is 4. The molecule has 4 N–H and O–H groups in total. The van der Waals surface area contributed by atoms with Crippen LogP contribution in [0.25, 0.3) is 0 Å². The Labute approximate surface area is 144 Å². The van der Waals surface area contributed by atoms with Gasteiger partial charge < -0.3 is 29.9 Å². The van der Waals surface area contributed by atoms with Gasteiger partial charge in [0.2, 0.25) is 0 Å². The predicted molar refractivity (Wildman–Crippen MR) is 82.8 cm³/mol. The van der Waals surface area contributed by atoms with Crippen molar-refractivity contribution in [1.82, 2.24) is 0 Å². The van der Waals surface area contributed by atoms with Crippen LogP contribution in [0.15, 0.2) is 23.0 Å². The SMILES string of the molecule is CC(=O)[C@H](O)C1=C2/C(=C\[C@]3(C)CC[C@](O)(O3)[C@](C)(O)C[C@H]2O)OC1=O. The summed E-state index contributed by atoms with van der Waals surface area (Å²) in [5, 5.41) is 42.1. The third-order valence-corrected chi connectivity index (χ3v) is 5.20. The number of fused-ring (bicyclic) bond motifs is 3. The molecule has 2 bridgehead atoms. The molecule has 0 amide bonds. The molecule has 8 nitrogen and oxygen atoms in total. The van der Waals surface area contributed by atoms with E-state index in [2.05, 4.69) is 0 Å². The van der Waals surface area contributed by atoms with Gasteiger partial charge in [0.1, 0.15) is 17.5 Å². The highest BCUT2D eigenvalue weighted by atomic mass is 16.7. The number of carbonyl (C=O) groups excluding carboxylic acids is 2. The smallest absolute Gasteiger partial charge is 0.343 e. The first kappa shape index (κ1) is 18.2. The van der Waals surface area contributed by atoms with E-state index < -0.39 is 40.9 Å². The van der Waals surface area contributed by atoms with Crippen LogP contribution < -0.4 is 0 Å². The third kappa shape index (κ3) is 2.74. The number of hydrogen-bond acceptors (Lipinski definition) is 8. The van der Waals surface area contributed by atoms with Gasteiger partial charge in [-0.2, -0.15) is 0 Å². The number of aliphatic hydroxyl groups is 4. The monoisotopic (exact) mass is 354 g/mol. The molecule has 1 fully saturated rings. The van der Waals surface area contributed by atoms with Crippen LogP contribution in [-0.2, 0) is 19.1 Å². The zero-order valence-electron chi connectivity index (χ0n) is 14.3. The second-order valence-corrected chi connectivity index (χ2v) is 7.43. The van der Waals surface area contributed by atoms with Gasteiger partial charge in [-0.25, -0.2) is 4.79 Å². The van der Waals surface area contributed by atoms with Crippen molar-refractivity contribution in [3.8, 4) is 0 Å². The summed E-state index contributed by atoms with van der Waals surface area (Å²) in [4.78, 5) is 23.7. The Morgan fingerprint density at radius 1 is 1.32 bits per heavy atom. The van der Waals surface area contributed by atoms with Gasteiger partial charge in [0.05, 0.1) is 17.3 Å². The maximum absolute atomic E-state index is 12.2. The lowest BCUT2D eigenvalue weighted by Gasteiger charge is -2.39. The second kappa shape index (κ2) is 5.46. The molecule has 1 saturated heterocycles. The molecule has 8 heteroatoms. The molecular weight excluding hydrogens is 332 g/mol. The zero-order chi connectivity index (χ0) is 18.8. The number of aliphatic hydroxyl groups excluding tert-OH is 2. The van der Waals surface area contributed by atoms with Crippen molar-refractivity contribution in [1.29, 1.82) is 0 Å². The molecule has 3 heterocycles. The van der Waals surface area contributed by atoms with E-state index in [1.54, 1.807) is 6.92 Å². The van der Waals surface area contributed by atoms with Crippen LogP contribution in [0, 0.1) is 0 Å². The highest BCUT2D eigenvalue weighted by Gasteiger charge is 2.58. The second-order valence-electron chi connectivity index (χ2n) is 7.43. The first-order valence-electron chi connectivity index (χ1n) is 8.10. The normalized spacial score (nSPS) is 44.2. The molecule has 25 heavy (non-hydrogen) atoms. The highest BCUT2D eigenvalue weighted by Crippen LogP contribution is 2.48. The summed E-state index contributed by atoms with van der Waals surface area (Å²) >= 11 is 0. The Morgan fingerprint density at radius 2 is 1.96 bits per heavy atom. The molecular formula is C17H22O8. The average molecular weight is 354 g/mol. The fourth-order valence-electron chi connectivity index (χ4n) is 3.67. The van der Waals surface area contributed by atoms with Gasteiger partial charge in [-0.1, -0.05) is 0 Å². The van der Waals surface area contributed by atoms with E-state index in [0.717, 1.165) is 6.92 Å². The van der Waals surface area contributed by atoms with Gasteiger partial charge in [-0.05, 0) is 33.3 Å². The van der Waals surface area contributed by atoms with Crippen molar-refractivity contribution >= 4 is 11.8 Å². The van der Waals surface area contributed by atoms with Gasteiger partial charge in [-0.15, -0.1) is 0 Å². The molecule has 0 unspecified atom stereocenters. The van der Waals surface area contributed by atoms with Gasteiger partial charge >= 0.3 is 5.97 Å². The molecule has 138 valence electrons. The molecule has 0 aromatic heterocycles. The first-order valence-corrected chi connectivity index (χ1v) is 8.10. The van der Waals surface area contributed by atoms with E-state index >= 15 is 0 Å². The van der Waals surface area contributed by atoms with Gasteiger partial charge in [0.15, 0.2) is 11.6 Å². The van der Waals surface area contributed by atoms with E-state index in [0.29, 0.717) is 6.42 Å². The lowest BCUT2D eigenvalue weighted by molar-refractivity contribution is -0.297. The molecule has 5 atom stereocenters. The summed E-state index contributed by atoms with van der Waals surface area (Å²) in [6, 6.07) is 0.